The average molecular weight is 381 g/mol. The highest BCUT2D eigenvalue weighted by molar-refractivity contribution is 7.92. The number of amides is 1. The number of rotatable bonds is 6. The molecular weight excluding hydrogens is 363 g/mol. The Hall–Kier alpha value is -1.02. The van der Waals surface area contributed by atoms with Crippen molar-refractivity contribution in [1.82, 2.24) is 5.32 Å². The summed E-state index contributed by atoms with van der Waals surface area (Å²) in [4.78, 5) is 11.9. The Bertz CT molecular complexity index is 675. The topological polar surface area (TPSA) is 75.7 Å². The smallest absolute Gasteiger partial charge is 0.249 e. The van der Waals surface area contributed by atoms with Crippen LogP contribution in [-0.4, -0.2) is 46.4 Å². The van der Waals surface area contributed by atoms with Gasteiger partial charge in [0.25, 0.3) is 0 Å². The molecule has 0 aromatic heterocycles. The first-order chi connectivity index (χ1) is 10.8. The van der Waals surface area contributed by atoms with E-state index in [4.69, 9.17) is 27.9 Å². The minimum absolute atomic E-state index is 0.0681. The van der Waals surface area contributed by atoms with Gasteiger partial charge in [-0.15, -0.1) is 0 Å². The van der Waals surface area contributed by atoms with Crippen molar-refractivity contribution in [3.8, 4) is 0 Å². The molecule has 1 unspecified atom stereocenters. The monoisotopic (exact) mass is 380 g/mol. The van der Waals surface area contributed by atoms with Crippen LogP contribution in [0.2, 0.25) is 10.0 Å². The maximum atomic E-state index is 12.0. The zero-order valence-corrected chi connectivity index (χ0v) is 14.9. The zero-order chi connectivity index (χ0) is 17.0. The summed E-state index contributed by atoms with van der Waals surface area (Å²) in [6.45, 7) is 0.803. The second-order valence-corrected chi connectivity index (χ2v) is 7.97. The van der Waals surface area contributed by atoms with Gasteiger partial charge in [-0.25, -0.2) is 8.42 Å². The third kappa shape index (κ3) is 4.97. The first kappa shape index (κ1) is 18.3. The summed E-state index contributed by atoms with van der Waals surface area (Å²) in [6.07, 6.45) is 2.18. The van der Waals surface area contributed by atoms with Crippen LogP contribution in [0.5, 0.6) is 0 Å². The Morgan fingerprint density at radius 2 is 2.17 bits per heavy atom. The van der Waals surface area contributed by atoms with E-state index in [-0.39, 0.29) is 24.0 Å². The van der Waals surface area contributed by atoms with Gasteiger partial charge in [-0.05, 0) is 31.0 Å². The molecule has 1 atom stereocenters. The summed E-state index contributed by atoms with van der Waals surface area (Å²) < 4.78 is 30.4. The van der Waals surface area contributed by atoms with Crippen LogP contribution in [-0.2, 0) is 19.6 Å². The number of halogens is 2. The summed E-state index contributed by atoms with van der Waals surface area (Å²) in [7, 11) is -3.55. The van der Waals surface area contributed by atoms with Crippen LogP contribution in [0.15, 0.2) is 18.2 Å². The molecule has 6 nitrogen and oxygen atoms in total. The third-order valence-corrected chi connectivity index (χ3v) is 5.13. The fourth-order valence-electron chi connectivity index (χ4n) is 2.33. The largest absolute Gasteiger partial charge is 0.368 e. The highest BCUT2D eigenvalue weighted by Crippen LogP contribution is 2.30. The van der Waals surface area contributed by atoms with Crippen LogP contribution in [0, 0.1) is 0 Å². The molecule has 1 N–H and O–H groups in total. The van der Waals surface area contributed by atoms with Crippen molar-refractivity contribution >= 4 is 44.8 Å². The van der Waals surface area contributed by atoms with Gasteiger partial charge in [0.2, 0.25) is 15.9 Å². The number of hydrogen-bond acceptors (Lipinski definition) is 4. The Morgan fingerprint density at radius 3 is 2.74 bits per heavy atom. The number of anilines is 1. The third-order valence-electron chi connectivity index (χ3n) is 3.41. The van der Waals surface area contributed by atoms with Crippen LogP contribution in [0.1, 0.15) is 12.8 Å². The van der Waals surface area contributed by atoms with Gasteiger partial charge in [0.05, 0.1) is 23.5 Å². The molecule has 0 saturated carbocycles. The Kier molecular flexibility index (Phi) is 6.13. The van der Waals surface area contributed by atoms with E-state index in [2.05, 4.69) is 5.32 Å². The molecular formula is C14H18Cl2N2O4S. The molecule has 0 aliphatic carbocycles. The molecule has 1 fully saturated rings. The van der Waals surface area contributed by atoms with E-state index < -0.39 is 16.1 Å². The van der Waals surface area contributed by atoms with Gasteiger partial charge in [0.1, 0.15) is 6.10 Å². The predicted octanol–water partition coefficient (Wildman–Crippen LogP) is 2.05. The molecule has 1 aliphatic rings. The van der Waals surface area contributed by atoms with E-state index >= 15 is 0 Å². The van der Waals surface area contributed by atoms with Crippen molar-refractivity contribution in [3.05, 3.63) is 28.2 Å². The predicted molar refractivity (Wildman–Crippen MR) is 90.6 cm³/mol. The second kappa shape index (κ2) is 7.70. The van der Waals surface area contributed by atoms with Crippen molar-refractivity contribution in [2.75, 3.05) is 30.3 Å². The van der Waals surface area contributed by atoms with Crippen molar-refractivity contribution in [2.45, 2.75) is 18.9 Å². The summed E-state index contributed by atoms with van der Waals surface area (Å²) in [6, 6.07) is 4.57. The number of nitrogens with one attached hydrogen (secondary N) is 1. The van der Waals surface area contributed by atoms with Gasteiger partial charge in [0.15, 0.2) is 0 Å². The van der Waals surface area contributed by atoms with Gasteiger partial charge in [-0.3, -0.25) is 9.10 Å². The molecule has 1 amide bonds. The van der Waals surface area contributed by atoms with E-state index in [1.807, 2.05) is 0 Å². The number of carbonyl (C=O) groups excluding carboxylic acids is 1. The lowest BCUT2D eigenvalue weighted by molar-refractivity contribution is -0.129. The summed E-state index contributed by atoms with van der Waals surface area (Å²) >= 11 is 11.9. The quantitative estimate of drug-likeness (QED) is 0.819. The first-order valence-corrected chi connectivity index (χ1v) is 9.71. The standard InChI is InChI=1S/C14H18Cl2N2O4S/c1-23(20,21)18(12-5-4-10(15)9-11(12)16)7-6-17-14(19)13-3-2-8-22-13/h4-5,9,13H,2-3,6-8H2,1H3,(H,17,19). The van der Waals surface area contributed by atoms with Gasteiger partial charge >= 0.3 is 0 Å². The first-order valence-electron chi connectivity index (χ1n) is 7.11. The molecule has 1 aromatic carbocycles. The summed E-state index contributed by atoms with van der Waals surface area (Å²) in [5.41, 5.74) is 0.324. The van der Waals surface area contributed by atoms with Crippen LogP contribution in [0.4, 0.5) is 5.69 Å². The number of carbonyl (C=O) groups is 1. The SMILES string of the molecule is CS(=O)(=O)N(CCNC(=O)C1CCCO1)c1ccc(Cl)cc1Cl. The van der Waals surface area contributed by atoms with Crippen LogP contribution in [0.3, 0.4) is 0 Å². The van der Waals surface area contributed by atoms with Gasteiger partial charge in [-0.2, -0.15) is 0 Å². The van der Waals surface area contributed by atoms with Gasteiger partial charge in [-0.1, -0.05) is 23.2 Å². The molecule has 1 heterocycles. The van der Waals surface area contributed by atoms with Crippen molar-refractivity contribution < 1.29 is 17.9 Å². The summed E-state index contributed by atoms with van der Waals surface area (Å²) in [5, 5.41) is 3.33. The van der Waals surface area contributed by atoms with Crippen molar-refractivity contribution in [3.63, 3.8) is 0 Å². The second-order valence-electron chi connectivity index (χ2n) is 5.22. The number of nitrogens with zero attached hydrogens (tertiary/aromatic N) is 1. The maximum Gasteiger partial charge on any atom is 0.249 e. The van der Waals surface area contributed by atoms with E-state index in [0.717, 1.165) is 17.0 Å². The fourth-order valence-corrected chi connectivity index (χ4v) is 3.83. The van der Waals surface area contributed by atoms with Crippen LogP contribution < -0.4 is 9.62 Å². The number of sulfonamides is 1. The van der Waals surface area contributed by atoms with E-state index in [1.54, 1.807) is 6.07 Å². The lowest BCUT2D eigenvalue weighted by Gasteiger charge is -2.24. The Balaban J connectivity index is 2.03. The average Bonchev–Trinajstić information content (AvgIpc) is 2.97. The summed E-state index contributed by atoms with van der Waals surface area (Å²) in [5.74, 6) is -0.224. The number of ether oxygens (including phenoxy) is 1. The normalized spacial score (nSPS) is 18.0. The highest BCUT2D eigenvalue weighted by atomic mass is 35.5. The maximum absolute atomic E-state index is 12.0. The molecule has 0 bridgehead atoms. The minimum atomic E-state index is -3.55. The molecule has 2 rings (SSSR count). The number of hydrogen-bond donors (Lipinski definition) is 1. The van der Waals surface area contributed by atoms with Gasteiger partial charge in [0, 0.05) is 18.2 Å². The minimum Gasteiger partial charge on any atom is -0.368 e. The molecule has 1 aliphatic heterocycles. The lowest BCUT2D eigenvalue weighted by atomic mass is 10.2. The Morgan fingerprint density at radius 1 is 1.43 bits per heavy atom. The fraction of sp³-hybridized carbons (Fsp3) is 0.500. The van der Waals surface area contributed by atoms with Crippen molar-refractivity contribution in [2.24, 2.45) is 0 Å². The van der Waals surface area contributed by atoms with Crippen molar-refractivity contribution in [1.29, 1.82) is 0 Å². The molecule has 9 heteroatoms. The van der Waals surface area contributed by atoms with Crippen LogP contribution in [0.25, 0.3) is 0 Å². The van der Waals surface area contributed by atoms with E-state index in [0.29, 0.717) is 23.7 Å². The molecule has 128 valence electrons. The lowest BCUT2D eigenvalue weighted by Crippen LogP contribution is -2.41. The molecule has 0 radical (unpaired) electrons. The van der Waals surface area contributed by atoms with Gasteiger partial charge < -0.3 is 10.1 Å². The molecule has 0 spiro atoms. The molecule has 1 saturated heterocycles. The zero-order valence-electron chi connectivity index (χ0n) is 12.6. The Labute approximate surface area is 145 Å². The van der Waals surface area contributed by atoms with Crippen LogP contribution >= 0.6 is 23.2 Å². The highest BCUT2D eigenvalue weighted by Gasteiger charge is 2.24. The molecule has 1 aromatic rings. The van der Waals surface area contributed by atoms with E-state index in [1.165, 1.54) is 12.1 Å². The number of benzene rings is 1. The van der Waals surface area contributed by atoms with E-state index in [9.17, 15) is 13.2 Å². The molecule has 23 heavy (non-hydrogen) atoms.